The average Bonchev–Trinajstić information content (AvgIpc) is 3.30. The van der Waals surface area contributed by atoms with Crippen LogP contribution in [0.1, 0.15) is 5.56 Å². The number of fused-ring (bicyclic) bond motifs is 2. The summed E-state index contributed by atoms with van der Waals surface area (Å²) in [6.45, 7) is 2.13. The molecule has 132 valence electrons. The molecule has 0 saturated heterocycles. The third-order valence-corrected chi connectivity index (χ3v) is 5.69. The Balaban J connectivity index is 1.65. The number of nitrogens with zero attached hydrogens (tertiary/aromatic N) is 2. The second kappa shape index (κ2) is 6.10. The lowest BCUT2D eigenvalue weighted by atomic mass is 9.99. The Bertz CT molecular complexity index is 1280. The van der Waals surface area contributed by atoms with Gasteiger partial charge in [-0.2, -0.15) is 5.10 Å². The normalized spacial score (nSPS) is 11.3. The molecule has 0 amide bonds. The largest absolute Gasteiger partial charge is 0.398 e. The van der Waals surface area contributed by atoms with Crippen LogP contribution in [-0.4, -0.2) is 15.2 Å². The Morgan fingerprint density at radius 1 is 1.07 bits per heavy atom. The Hall–Kier alpha value is -3.38. The van der Waals surface area contributed by atoms with E-state index < -0.39 is 0 Å². The zero-order chi connectivity index (χ0) is 18.4. The molecule has 6 heteroatoms. The first kappa shape index (κ1) is 15.8. The van der Waals surface area contributed by atoms with Crippen molar-refractivity contribution in [2.24, 2.45) is 0 Å². The number of pyridine rings is 1. The molecule has 5 rings (SSSR count). The first-order valence-corrected chi connectivity index (χ1v) is 9.50. The molecule has 0 saturated carbocycles. The molecular weight excluding hydrogens is 354 g/mol. The van der Waals surface area contributed by atoms with Crippen LogP contribution >= 0.6 is 11.3 Å². The van der Waals surface area contributed by atoms with Crippen LogP contribution in [0.4, 0.5) is 17.2 Å². The minimum Gasteiger partial charge on any atom is -0.398 e. The van der Waals surface area contributed by atoms with Crippen molar-refractivity contribution in [3.8, 4) is 10.4 Å². The fourth-order valence-electron chi connectivity index (χ4n) is 3.42. The lowest BCUT2D eigenvalue weighted by molar-refractivity contribution is 1.12. The summed E-state index contributed by atoms with van der Waals surface area (Å²) in [5.74, 6) is 0.831. The quantitative estimate of drug-likeness (QED) is 0.393. The van der Waals surface area contributed by atoms with Gasteiger partial charge in [0.25, 0.3) is 0 Å². The van der Waals surface area contributed by atoms with Crippen LogP contribution in [0.2, 0.25) is 0 Å². The molecule has 2 aromatic carbocycles. The van der Waals surface area contributed by atoms with E-state index in [2.05, 4.69) is 45.6 Å². The number of nitrogens with two attached hydrogens (primary N) is 1. The number of benzene rings is 2. The van der Waals surface area contributed by atoms with E-state index in [-0.39, 0.29) is 0 Å². The number of H-pyrrole nitrogens is 1. The van der Waals surface area contributed by atoms with Crippen molar-refractivity contribution >= 4 is 50.2 Å². The summed E-state index contributed by atoms with van der Waals surface area (Å²) < 4.78 is 0. The van der Waals surface area contributed by atoms with Gasteiger partial charge in [-0.25, -0.2) is 4.98 Å². The van der Waals surface area contributed by atoms with Crippen molar-refractivity contribution in [1.82, 2.24) is 15.2 Å². The molecule has 0 aliphatic carbocycles. The lowest BCUT2D eigenvalue weighted by Gasteiger charge is -2.13. The molecule has 0 spiro atoms. The molecule has 3 aromatic heterocycles. The highest BCUT2D eigenvalue weighted by atomic mass is 32.1. The Kier molecular flexibility index (Phi) is 3.58. The third kappa shape index (κ3) is 2.71. The summed E-state index contributed by atoms with van der Waals surface area (Å²) in [6, 6.07) is 14.5. The predicted molar refractivity (Wildman–Crippen MR) is 114 cm³/mol. The van der Waals surface area contributed by atoms with E-state index in [1.165, 1.54) is 16.0 Å². The lowest BCUT2D eigenvalue weighted by Crippen LogP contribution is -1.96. The maximum Gasteiger partial charge on any atom is 0.138 e. The van der Waals surface area contributed by atoms with Crippen LogP contribution < -0.4 is 11.1 Å². The van der Waals surface area contributed by atoms with E-state index in [4.69, 9.17) is 5.73 Å². The van der Waals surface area contributed by atoms with E-state index in [0.29, 0.717) is 0 Å². The standard InChI is InChI=1S/C21H17N5S/c1-12-2-5-17-16(20(12)19-8-14(22)11-27-19)6-7-23-21(17)25-15-4-3-13-10-24-26-18(13)9-15/h2-11H,22H2,1H3,(H,23,25)(H,24,26). The summed E-state index contributed by atoms with van der Waals surface area (Å²) in [4.78, 5) is 5.75. The van der Waals surface area contributed by atoms with Gasteiger partial charge in [0.15, 0.2) is 0 Å². The fourth-order valence-corrected chi connectivity index (χ4v) is 4.35. The Morgan fingerprint density at radius 2 is 2.00 bits per heavy atom. The van der Waals surface area contributed by atoms with Crippen molar-refractivity contribution in [3.05, 3.63) is 65.8 Å². The smallest absolute Gasteiger partial charge is 0.138 e. The van der Waals surface area contributed by atoms with Gasteiger partial charge in [-0.05, 0) is 48.2 Å². The number of aromatic nitrogens is 3. The number of thiophene rings is 1. The second-order valence-corrected chi connectivity index (χ2v) is 7.46. The van der Waals surface area contributed by atoms with Crippen molar-refractivity contribution in [2.45, 2.75) is 6.92 Å². The first-order chi connectivity index (χ1) is 13.2. The van der Waals surface area contributed by atoms with Crippen LogP contribution in [0.3, 0.4) is 0 Å². The maximum absolute atomic E-state index is 5.96. The number of aryl methyl sites for hydroxylation is 1. The van der Waals surface area contributed by atoms with Gasteiger partial charge in [-0.15, -0.1) is 11.3 Å². The first-order valence-electron chi connectivity index (χ1n) is 8.62. The number of nitrogens with one attached hydrogen (secondary N) is 2. The molecule has 0 aliphatic rings. The van der Waals surface area contributed by atoms with Gasteiger partial charge in [0.2, 0.25) is 0 Å². The van der Waals surface area contributed by atoms with Crippen LogP contribution in [-0.2, 0) is 0 Å². The Morgan fingerprint density at radius 3 is 2.85 bits per heavy atom. The number of nitrogen functional groups attached to an aromatic ring is 1. The molecule has 5 aromatic rings. The molecule has 3 heterocycles. The molecule has 5 nitrogen and oxygen atoms in total. The summed E-state index contributed by atoms with van der Waals surface area (Å²) in [5.41, 5.74) is 11.1. The van der Waals surface area contributed by atoms with Crippen LogP contribution in [0.15, 0.2) is 60.2 Å². The molecule has 4 N–H and O–H groups in total. The minimum absolute atomic E-state index is 0.798. The highest BCUT2D eigenvalue weighted by Gasteiger charge is 2.12. The maximum atomic E-state index is 5.96. The van der Waals surface area contributed by atoms with Crippen LogP contribution in [0.5, 0.6) is 0 Å². The summed E-state index contributed by atoms with van der Waals surface area (Å²) >= 11 is 1.67. The molecule has 0 aliphatic heterocycles. The fraction of sp³-hybridized carbons (Fsp3) is 0.0476. The topological polar surface area (TPSA) is 79.6 Å². The van der Waals surface area contributed by atoms with E-state index >= 15 is 0 Å². The molecule has 0 bridgehead atoms. The van der Waals surface area contributed by atoms with Gasteiger partial charge in [0.1, 0.15) is 5.82 Å². The van der Waals surface area contributed by atoms with E-state index in [1.54, 1.807) is 11.3 Å². The highest BCUT2D eigenvalue weighted by Crippen LogP contribution is 2.38. The number of hydrogen-bond donors (Lipinski definition) is 3. The van der Waals surface area contributed by atoms with Gasteiger partial charge in [0, 0.05) is 44.2 Å². The van der Waals surface area contributed by atoms with Crippen molar-refractivity contribution < 1.29 is 0 Å². The molecule has 27 heavy (non-hydrogen) atoms. The molecular formula is C21H17N5S. The average molecular weight is 371 g/mol. The molecule has 0 unspecified atom stereocenters. The third-order valence-electron chi connectivity index (χ3n) is 4.72. The Labute approximate surface area is 159 Å². The number of anilines is 3. The van der Waals surface area contributed by atoms with Crippen LogP contribution in [0.25, 0.3) is 32.1 Å². The number of aromatic amines is 1. The van der Waals surface area contributed by atoms with E-state index in [0.717, 1.165) is 38.9 Å². The molecule has 0 fully saturated rings. The second-order valence-electron chi connectivity index (χ2n) is 6.55. The molecule has 0 radical (unpaired) electrons. The number of rotatable bonds is 3. The van der Waals surface area contributed by atoms with Crippen molar-refractivity contribution in [2.75, 3.05) is 11.1 Å². The van der Waals surface area contributed by atoms with Gasteiger partial charge >= 0.3 is 0 Å². The summed E-state index contributed by atoms with van der Waals surface area (Å²) in [6.07, 6.45) is 3.66. The zero-order valence-corrected chi connectivity index (χ0v) is 15.5. The number of hydrogen-bond acceptors (Lipinski definition) is 5. The van der Waals surface area contributed by atoms with Crippen molar-refractivity contribution in [1.29, 1.82) is 0 Å². The van der Waals surface area contributed by atoms with E-state index in [1.807, 2.05) is 42.0 Å². The summed E-state index contributed by atoms with van der Waals surface area (Å²) in [7, 11) is 0. The zero-order valence-electron chi connectivity index (χ0n) is 14.7. The van der Waals surface area contributed by atoms with Crippen molar-refractivity contribution in [3.63, 3.8) is 0 Å². The highest BCUT2D eigenvalue weighted by molar-refractivity contribution is 7.14. The van der Waals surface area contributed by atoms with Gasteiger partial charge in [-0.1, -0.05) is 12.1 Å². The monoisotopic (exact) mass is 371 g/mol. The van der Waals surface area contributed by atoms with Gasteiger partial charge < -0.3 is 11.1 Å². The predicted octanol–water partition coefficient (Wildman–Crippen LogP) is 5.47. The molecule has 0 atom stereocenters. The minimum atomic E-state index is 0.798. The van der Waals surface area contributed by atoms with Gasteiger partial charge in [0.05, 0.1) is 11.7 Å². The van der Waals surface area contributed by atoms with Crippen LogP contribution in [0, 0.1) is 6.92 Å². The van der Waals surface area contributed by atoms with E-state index in [9.17, 15) is 0 Å². The summed E-state index contributed by atoms with van der Waals surface area (Å²) in [5, 5.41) is 15.8. The van der Waals surface area contributed by atoms with Gasteiger partial charge in [-0.3, -0.25) is 5.10 Å². The SMILES string of the molecule is Cc1ccc2c(Nc3ccc4cn[nH]c4c3)nccc2c1-c1cc(N)cs1.